The lowest BCUT2D eigenvalue weighted by Crippen LogP contribution is -2.35. The summed E-state index contributed by atoms with van der Waals surface area (Å²) >= 11 is 0. The smallest absolute Gasteiger partial charge is 0.0465 e. The van der Waals surface area contributed by atoms with E-state index in [4.69, 9.17) is 11.5 Å². The van der Waals surface area contributed by atoms with Gasteiger partial charge in [0.2, 0.25) is 0 Å². The van der Waals surface area contributed by atoms with Crippen LogP contribution < -0.4 is 11.5 Å². The highest BCUT2D eigenvalue weighted by Crippen LogP contribution is 2.17. The lowest BCUT2D eigenvalue weighted by molar-refractivity contribution is 0.425. The van der Waals surface area contributed by atoms with Crippen molar-refractivity contribution in [1.29, 1.82) is 0 Å². The average molecular weight is 167 g/mol. The van der Waals surface area contributed by atoms with Crippen molar-refractivity contribution < 1.29 is 0 Å². The number of hydrogen-bond acceptors (Lipinski definition) is 2. The molecule has 1 atom stereocenters. The molecule has 0 aliphatic rings. The molecule has 0 bridgehead atoms. The van der Waals surface area contributed by atoms with Crippen LogP contribution in [0.5, 0.6) is 0 Å². The Hall–Kier alpha value is -0.800. The quantitative estimate of drug-likeness (QED) is 0.632. The van der Waals surface area contributed by atoms with Crippen LogP contribution in [-0.2, 0) is 0 Å². The summed E-state index contributed by atoms with van der Waals surface area (Å²) in [5.74, 6) is 0. The molecule has 5 N–H and O–H groups in total. The molecular weight excluding hydrogens is 150 g/mol. The summed E-state index contributed by atoms with van der Waals surface area (Å²) < 4.78 is 0. The molecule has 1 aromatic rings. The third-order valence-electron chi connectivity index (χ3n) is 1.77. The van der Waals surface area contributed by atoms with E-state index >= 15 is 0 Å². The molecule has 3 heteroatoms. The summed E-state index contributed by atoms with van der Waals surface area (Å²) in [4.78, 5) is 3.08. The molecule has 0 spiro atoms. The standard InChI is InChI=1S/C9H17N3/c1-9(2,11)6-7(10)8-4-3-5-12-8/h3-5,7,12H,6,10-11H2,1-2H3. The van der Waals surface area contributed by atoms with Crippen LogP contribution in [0.4, 0.5) is 0 Å². The van der Waals surface area contributed by atoms with Crippen LogP contribution in [0.2, 0.25) is 0 Å². The second-order valence-electron chi connectivity index (χ2n) is 3.92. The first-order valence-electron chi connectivity index (χ1n) is 4.17. The van der Waals surface area contributed by atoms with Gasteiger partial charge < -0.3 is 16.5 Å². The first-order valence-corrected chi connectivity index (χ1v) is 4.17. The lowest BCUT2D eigenvalue weighted by atomic mass is 9.95. The predicted molar refractivity (Wildman–Crippen MR) is 50.6 cm³/mol. The molecule has 12 heavy (non-hydrogen) atoms. The molecule has 1 rings (SSSR count). The van der Waals surface area contributed by atoms with Crippen molar-refractivity contribution in [3.05, 3.63) is 24.0 Å². The van der Waals surface area contributed by atoms with E-state index in [1.54, 1.807) is 0 Å². The number of rotatable bonds is 3. The predicted octanol–water partition coefficient (Wildman–Crippen LogP) is 1.14. The number of H-pyrrole nitrogens is 1. The van der Waals surface area contributed by atoms with Gasteiger partial charge in [0.15, 0.2) is 0 Å². The van der Waals surface area contributed by atoms with Crippen molar-refractivity contribution in [2.24, 2.45) is 11.5 Å². The fourth-order valence-electron chi connectivity index (χ4n) is 1.25. The fourth-order valence-corrected chi connectivity index (χ4v) is 1.25. The van der Waals surface area contributed by atoms with E-state index in [9.17, 15) is 0 Å². The zero-order chi connectivity index (χ0) is 9.19. The Labute approximate surface area is 73.1 Å². The Bertz CT molecular complexity index is 220. The van der Waals surface area contributed by atoms with Crippen LogP contribution in [0.25, 0.3) is 0 Å². The lowest BCUT2D eigenvalue weighted by Gasteiger charge is -2.22. The van der Waals surface area contributed by atoms with Gasteiger partial charge in [0, 0.05) is 23.5 Å². The second kappa shape index (κ2) is 3.29. The van der Waals surface area contributed by atoms with E-state index in [-0.39, 0.29) is 11.6 Å². The molecule has 1 unspecified atom stereocenters. The maximum Gasteiger partial charge on any atom is 0.0465 e. The van der Waals surface area contributed by atoms with E-state index in [1.807, 2.05) is 32.2 Å². The van der Waals surface area contributed by atoms with Gasteiger partial charge in [0.25, 0.3) is 0 Å². The first kappa shape index (κ1) is 9.29. The largest absolute Gasteiger partial charge is 0.364 e. The molecule has 0 aromatic carbocycles. The average Bonchev–Trinajstić information content (AvgIpc) is 2.32. The van der Waals surface area contributed by atoms with Crippen molar-refractivity contribution in [1.82, 2.24) is 4.98 Å². The molecule has 0 aliphatic carbocycles. The summed E-state index contributed by atoms with van der Waals surface area (Å²) in [7, 11) is 0. The van der Waals surface area contributed by atoms with Gasteiger partial charge in [-0.1, -0.05) is 0 Å². The third-order valence-corrected chi connectivity index (χ3v) is 1.77. The van der Waals surface area contributed by atoms with E-state index < -0.39 is 0 Å². The highest BCUT2D eigenvalue weighted by molar-refractivity contribution is 5.09. The molecule has 1 aromatic heterocycles. The minimum absolute atomic E-state index is 0.0139. The SMILES string of the molecule is CC(C)(N)CC(N)c1ccc[nH]1. The van der Waals surface area contributed by atoms with Crippen molar-refractivity contribution in [2.45, 2.75) is 31.8 Å². The highest BCUT2D eigenvalue weighted by atomic mass is 14.8. The summed E-state index contributed by atoms with van der Waals surface area (Å²) in [6.07, 6.45) is 2.66. The summed E-state index contributed by atoms with van der Waals surface area (Å²) in [6.45, 7) is 3.96. The van der Waals surface area contributed by atoms with Crippen molar-refractivity contribution in [2.75, 3.05) is 0 Å². The summed E-state index contributed by atoms with van der Waals surface area (Å²) in [5, 5.41) is 0. The summed E-state index contributed by atoms with van der Waals surface area (Å²) in [6, 6.07) is 3.94. The maximum atomic E-state index is 5.91. The number of nitrogens with one attached hydrogen (secondary N) is 1. The third kappa shape index (κ3) is 2.68. The van der Waals surface area contributed by atoms with Gasteiger partial charge >= 0.3 is 0 Å². The molecular formula is C9H17N3. The van der Waals surface area contributed by atoms with Gasteiger partial charge in [-0.15, -0.1) is 0 Å². The number of hydrogen-bond donors (Lipinski definition) is 3. The normalized spacial score (nSPS) is 14.7. The van der Waals surface area contributed by atoms with Gasteiger partial charge in [0.1, 0.15) is 0 Å². The zero-order valence-corrected chi connectivity index (χ0v) is 7.67. The van der Waals surface area contributed by atoms with Crippen molar-refractivity contribution >= 4 is 0 Å². The number of aromatic nitrogens is 1. The van der Waals surface area contributed by atoms with E-state index in [1.165, 1.54) is 0 Å². The number of aromatic amines is 1. The topological polar surface area (TPSA) is 67.8 Å². The second-order valence-corrected chi connectivity index (χ2v) is 3.92. The minimum atomic E-state index is -0.204. The van der Waals surface area contributed by atoms with E-state index in [0.717, 1.165) is 12.1 Å². The zero-order valence-electron chi connectivity index (χ0n) is 7.67. The molecule has 0 saturated heterocycles. The molecule has 3 nitrogen and oxygen atoms in total. The number of nitrogens with two attached hydrogens (primary N) is 2. The molecule has 68 valence electrons. The maximum absolute atomic E-state index is 5.91. The van der Waals surface area contributed by atoms with Crippen LogP contribution in [-0.4, -0.2) is 10.5 Å². The highest BCUT2D eigenvalue weighted by Gasteiger charge is 2.17. The monoisotopic (exact) mass is 167 g/mol. The Morgan fingerprint density at radius 2 is 2.25 bits per heavy atom. The molecule has 1 heterocycles. The molecule has 0 radical (unpaired) electrons. The minimum Gasteiger partial charge on any atom is -0.364 e. The van der Waals surface area contributed by atoms with Gasteiger partial charge in [0.05, 0.1) is 0 Å². The van der Waals surface area contributed by atoms with Crippen LogP contribution >= 0.6 is 0 Å². The van der Waals surface area contributed by atoms with Crippen LogP contribution in [0, 0.1) is 0 Å². The van der Waals surface area contributed by atoms with Gasteiger partial charge in [-0.25, -0.2) is 0 Å². The van der Waals surface area contributed by atoms with Crippen LogP contribution in [0.1, 0.15) is 32.0 Å². The summed E-state index contributed by atoms with van der Waals surface area (Å²) in [5.41, 5.74) is 12.6. The van der Waals surface area contributed by atoms with Gasteiger partial charge in [-0.3, -0.25) is 0 Å². The Balaban J connectivity index is 2.56. The van der Waals surface area contributed by atoms with Gasteiger partial charge in [-0.05, 0) is 32.4 Å². The van der Waals surface area contributed by atoms with Crippen molar-refractivity contribution in [3.63, 3.8) is 0 Å². The molecule has 0 fully saturated rings. The molecule has 0 aliphatic heterocycles. The molecule has 0 saturated carbocycles. The fraction of sp³-hybridized carbons (Fsp3) is 0.556. The first-order chi connectivity index (χ1) is 5.49. The van der Waals surface area contributed by atoms with Crippen molar-refractivity contribution in [3.8, 4) is 0 Å². The van der Waals surface area contributed by atoms with E-state index in [2.05, 4.69) is 4.98 Å². The van der Waals surface area contributed by atoms with Crippen LogP contribution in [0.15, 0.2) is 18.3 Å². The molecule has 0 amide bonds. The Morgan fingerprint density at radius 1 is 1.58 bits per heavy atom. The van der Waals surface area contributed by atoms with E-state index in [0.29, 0.717) is 0 Å². The van der Waals surface area contributed by atoms with Gasteiger partial charge in [-0.2, -0.15) is 0 Å². The van der Waals surface area contributed by atoms with Crippen LogP contribution in [0.3, 0.4) is 0 Å². The Morgan fingerprint density at radius 3 is 2.67 bits per heavy atom. The Kier molecular flexibility index (Phi) is 2.55.